The zero-order valence-electron chi connectivity index (χ0n) is 9.27. The van der Waals surface area contributed by atoms with Crippen molar-refractivity contribution in [3.05, 3.63) is 11.1 Å². The monoisotopic (exact) mass is 218 g/mol. The van der Waals surface area contributed by atoms with E-state index in [1.807, 2.05) is 6.08 Å². The van der Waals surface area contributed by atoms with Crippen LogP contribution in [0.2, 0.25) is 0 Å². The first kappa shape index (κ1) is 14.0. The van der Waals surface area contributed by atoms with E-state index in [9.17, 15) is 0 Å². The van der Waals surface area contributed by atoms with Gasteiger partial charge in [0.1, 0.15) is 0 Å². The van der Waals surface area contributed by atoms with E-state index in [4.69, 9.17) is 16.7 Å². The number of rotatable bonds is 9. The molecule has 0 saturated heterocycles. The summed E-state index contributed by atoms with van der Waals surface area (Å²) in [7, 11) is 0. The van der Waals surface area contributed by atoms with E-state index in [1.54, 1.807) is 0 Å². The van der Waals surface area contributed by atoms with Crippen molar-refractivity contribution in [2.24, 2.45) is 0 Å². The molecule has 1 N–H and O–H groups in total. The smallest absolute Gasteiger partial charge is 0.0784 e. The van der Waals surface area contributed by atoms with Gasteiger partial charge in [-0.25, -0.2) is 0 Å². The second-order valence-electron chi connectivity index (χ2n) is 3.72. The number of hydrogen-bond acceptors (Lipinski definition) is 1. The van der Waals surface area contributed by atoms with Gasteiger partial charge in [-0.1, -0.05) is 63.1 Å². The molecule has 0 atom stereocenters. The molecule has 0 unspecified atom stereocenters. The minimum atomic E-state index is -0.0158. The van der Waals surface area contributed by atoms with Gasteiger partial charge < -0.3 is 5.11 Å². The summed E-state index contributed by atoms with van der Waals surface area (Å²) in [6, 6.07) is 0. The Morgan fingerprint density at radius 1 is 1.07 bits per heavy atom. The van der Waals surface area contributed by atoms with Crippen LogP contribution in [0.3, 0.4) is 0 Å². The molecule has 0 bridgehead atoms. The first-order valence-electron chi connectivity index (χ1n) is 5.76. The summed E-state index contributed by atoms with van der Waals surface area (Å²) in [5, 5.41) is 9.21. The summed E-state index contributed by atoms with van der Waals surface area (Å²) in [5.74, 6) is 0. The van der Waals surface area contributed by atoms with Crippen molar-refractivity contribution in [3.8, 4) is 0 Å². The molecule has 84 valence electrons. The minimum absolute atomic E-state index is 0.0158. The molecule has 1 nitrogen and oxygen atoms in total. The van der Waals surface area contributed by atoms with Crippen LogP contribution < -0.4 is 0 Å². The quantitative estimate of drug-likeness (QED) is 0.574. The molecule has 2 heteroatoms. The van der Waals surface area contributed by atoms with Gasteiger partial charge in [0.2, 0.25) is 0 Å². The van der Waals surface area contributed by atoms with Gasteiger partial charge in [-0.3, -0.25) is 0 Å². The van der Waals surface area contributed by atoms with Gasteiger partial charge in [0, 0.05) is 5.03 Å². The maximum atomic E-state index is 8.63. The van der Waals surface area contributed by atoms with Gasteiger partial charge in [-0.2, -0.15) is 0 Å². The molecule has 0 heterocycles. The molecule has 0 aromatic heterocycles. The average molecular weight is 219 g/mol. The zero-order valence-corrected chi connectivity index (χ0v) is 10.0. The topological polar surface area (TPSA) is 20.2 Å². The maximum Gasteiger partial charge on any atom is 0.0784 e. The van der Waals surface area contributed by atoms with Crippen LogP contribution in [0, 0.1) is 0 Å². The summed E-state index contributed by atoms with van der Waals surface area (Å²) in [4.78, 5) is 0. The minimum Gasteiger partial charge on any atom is -0.391 e. The van der Waals surface area contributed by atoms with Crippen LogP contribution in [0.5, 0.6) is 0 Å². The second-order valence-corrected chi connectivity index (χ2v) is 4.20. The van der Waals surface area contributed by atoms with Crippen molar-refractivity contribution in [2.75, 3.05) is 6.61 Å². The lowest BCUT2D eigenvalue weighted by Crippen LogP contribution is -1.82. The van der Waals surface area contributed by atoms with Crippen molar-refractivity contribution < 1.29 is 5.11 Å². The third-order valence-corrected chi connectivity index (χ3v) is 2.60. The Bertz CT molecular complexity index is 143. The fourth-order valence-electron chi connectivity index (χ4n) is 1.42. The lowest BCUT2D eigenvalue weighted by Gasteiger charge is -1.99. The lowest BCUT2D eigenvalue weighted by atomic mass is 10.1. The Hall–Kier alpha value is -0.0100. The molecule has 0 fully saturated rings. The van der Waals surface area contributed by atoms with Gasteiger partial charge in [-0.05, 0) is 12.8 Å². The molecule has 0 amide bonds. The van der Waals surface area contributed by atoms with Crippen LogP contribution >= 0.6 is 11.6 Å². The highest BCUT2D eigenvalue weighted by atomic mass is 35.5. The lowest BCUT2D eigenvalue weighted by molar-refractivity contribution is 0.338. The Morgan fingerprint density at radius 3 is 2.21 bits per heavy atom. The Balaban J connectivity index is 3.06. The van der Waals surface area contributed by atoms with Gasteiger partial charge in [-0.15, -0.1) is 0 Å². The molecule has 0 aromatic rings. The Labute approximate surface area is 93.2 Å². The van der Waals surface area contributed by atoms with Crippen LogP contribution in [0.15, 0.2) is 11.1 Å². The predicted octanol–water partition coefficient (Wildman–Crippen LogP) is 4.24. The maximum absolute atomic E-state index is 8.63. The Kier molecular flexibility index (Phi) is 11.1. The van der Waals surface area contributed by atoms with Crippen LogP contribution in [-0.4, -0.2) is 11.7 Å². The number of allylic oxidation sites excluding steroid dienone is 1. The zero-order chi connectivity index (χ0) is 10.6. The number of unbranched alkanes of at least 4 members (excludes halogenated alkanes) is 7. The average Bonchev–Trinajstić information content (AvgIpc) is 2.21. The summed E-state index contributed by atoms with van der Waals surface area (Å²) >= 11 is 5.66. The summed E-state index contributed by atoms with van der Waals surface area (Å²) in [5.41, 5.74) is 0. The third-order valence-electron chi connectivity index (χ3n) is 2.32. The fraction of sp³-hybridized carbons (Fsp3) is 0.833. The highest BCUT2D eigenvalue weighted by Gasteiger charge is 1.91. The molecule has 0 rings (SSSR count). The molecule has 0 aromatic carbocycles. The highest BCUT2D eigenvalue weighted by Crippen LogP contribution is 2.10. The van der Waals surface area contributed by atoms with E-state index in [0.717, 1.165) is 6.42 Å². The fourth-order valence-corrected chi connectivity index (χ4v) is 1.53. The summed E-state index contributed by atoms with van der Waals surface area (Å²) in [6.07, 6.45) is 12.2. The summed E-state index contributed by atoms with van der Waals surface area (Å²) in [6.45, 7) is 2.22. The standard InChI is InChI=1S/C12H23ClO/c1-2-3-4-5-6-7-8-9-10-12(13)11-14/h10,14H,2-9,11H2,1H3/b12-10-. The summed E-state index contributed by atoms with van der Waals surface area (Å²) < 4.78 is 0. The Morgan fingerprint density at radius 2 is 1.64 bits per heavy atom. The van der Waals surface area contributed by atoms with Gasteiger partial charge in [0.05, 0.1) is 6.61 Å². The van der Waals surface area contributed by atoms with Crippen LogP contribution in [-0.2, 0) is 0 Å². The van der Waals surface area contributed by atoms with Gasteiger partial charge >= 0.3 is 0 Å². The van der Waals surface area contributed by atoms with E-state index in [1.165, 1.54) is 44.9 Å². The highest BCUT2D eigenvalue weighted by molar-refractivity contribution is 6.29. The molecular formula is C12H23ClO. The molecular weight excluding hydrogens is 196 g/mol. The van der Waals surface area contributed by atoms with Crippen molar-refractivity contribution in [1.29, 1.82) is 0 Å². The van der Waals surface area contributed by atoms with Crippen LogP contribution in [0.4, 0.5) is 0 Å². The third kappa shape index (κ3) is 10.1. The van der Waals surface area contributed by atoms with E-state index >= 15 is 0 Å². The van der Waals surface area contributed by atoms with E-state index in [2.05, 4.69) is 6.92 Å². The SMILES string of the molecule is CCCCCCCCC/C=C(\Cl)CO. The molecule has 14 heavy (non-hydrogen) atoms. The predicted molar refractivity (Wildman–Crippen MR) is 63.6 cm³/mol. The number of aliphatic hydroxyl groups is 1. The number of hydrogen-bond donors (Lipinski definition) is 1. The van der Waals surface area contributed by atoms with E-state index < -0.39 is 0 Å². The molecule has 0 spiro atoms. The molecule has 0 radical (unpaired) electrons. The van der Waals surface area contributed by atoms with Crippen molar-refractivity contribution >= 4 is 11.6 Å². The van der Waals surface area contributed by atoms with Crippen LogP contribution in [0.25, 0.3) is 0 Å². The first-order chi connectivity index (χ1) is 6.81. The molecule has 0 saturated carbocycles. The molecule has 0 aliphatic carbocycles. The largest absolute Gasteiger partial charge is 0.391 e. The normalized spacial score (nSPS) is 12.1. The first-order valence-corrected chi connectivity index (χ1v) is 6.14. The van der Waals surface area contributed by atoms with E-state index in [0.29, 0.717) is 5.03 Å². The van der Waals surface area contributed by atoms with Crippen molar-refractivity contribution in [1.82, 2.24) is 0 Å². The van der Waals surface area contributed by atoms with Gasteiger partial charge in [0.25, 0.3) is 0 Å². The number of aliphatic hydroxyl groups excluding tert-OH is 1. The number of halogens is 1. The van der Waals surface area contributed by atoms with Crippen molar-refractivity contribution in [3.63, 3.8) is 0 Å². The molecule has 0 aliphatic rings. The van der Waals surface area contributed by atoms with Crippen molar-refractivity contribution in [2.45, 2.75) is 58.3 Å². The second kappa shape index (κ2) is 11.1. The molecule has 0 aliphatic heterocycles. The van der Waals surface area contributed by atoms with E-state index in [-0.39, 0.29) is 6.61 Å². The van der Waals surface area contributed by atoms with Gasteiger partial charge in [0.15, 0.2) is 0 Å². The van der Waals surface area contributed by atoms with Crippen LogP contribution in [0.1, 0.15) is 58.3 Å².